The van der Waals surface area contributed by atoms with Crippen LogP contribution in [0.1, 0.15) is 12.0 Å². The van der Waals surface area contributed by atoms with Crippen molar-refractivity contribution in [3.8, 4) is 0 Å². The van der Waals surface area contributed by atoms with Gasteiger partial charge in [-0.05, 0) is 36.6 Å². The number of rotatable bonds is 4. The fourth-order valence-corrected chi connectivity index (χ4v) is 2.74. The number of hydrogen-bond donors (Lipinski definition) is 0. The molecule has 2 aromatic carbocycles. The molecule has 3 rings (SSSR count). The minimum atomic E-state index is 0.0426. The van der Waals surface area contributed by atoms with Crippen LogP contribution in [0.4, 0.5) is 0 Å². The molecule has 1 aromatic heterocycles. The second kappa shape index (κ2) is 6.15. The SMILES string of the molecule is O=c1ccn(CCCc2ccccc2)c2cc(Cl)ccc12. The highest BCUT2D eigenvalue weighted by atomic mass is 35.5. The summed E-state index contributed by atoms with van der Waals surface area (Å²) in [7, 11) is 0. The molecule has 0 bridgehead atoms. The van der Waals surface area contributed by atoms with Gasteiger partial charge in [0, 0.05) is 29.2 Å². The van der Waals surface area contributed by atoms with Gasteiger partial charge < -0.3 is 4.57 Å². The van der Waals surface area contributed by atoms with Crippen LogP contribution in [-0.4, -0.2) is 4.57 Å². The van der Waals surface area contributed by atoms with Crippen molar-refractivity contribution in [1.82, 2.24) is 4.57 Å². The van der Waals surface area contributed by atoms with E-state index in [0.717, 1.165) is 30.3 Å². The Morgan fingerprint density at radius 3 is 2.62 bits per heavy atom. The van der Waals surface area contributed by atoms with Crippen molar-refractivity contribution in [2.24, 2.45) is 0 Å². The van der Waals surface area contributed by atoms with Crippen LogP contribution in [0.5, 0.6) is 0 Å². The molecule has 0 amide bonds. The van der Waals surface area contributed by atoms with Crippen LogP contribution in [0.25, 0.3) is 10.9 Å². The summed E-state index contributed by atoms with van der Waals surface area (Å²) in [6.07, 6.45) is 3.90. The van der Waals surface area contributed by atoms with Crippen molar-refractivity contribution in [2.75, 3.05) is 0 Å². The van der Waals surface area contributed by atoms with Crippen LogP contribution in [0.2, 0.25) is 5.02 Å². The largest absolute Gasteiger partial charge is 0.347 e. The van der Waals surface area contributed by atoms with E-state index in [1.807, 2.05) is 18.3 Å². The topological polar surface area (TPSA) is 22.0 Å². The number of nitrogens with zero attached hydrogens (tertiary/aromatic N) is 1. The van der Waals surface area contributed by atoms with E-state index < -0.39 is 0 Å². The lowest BCUT2D eigenvalue weighted by Crippen LogP contribution is -2.08. The highest BCUT2D eigenvalue weighted by Crippen LogP contribution is 2.17. The van der Waals surface area contributed by atoms with Crippen molar-refractivity contribution in [3.05, 3.63) is 81.6 Å². The molecule has 0 aliphatic heterocycles. The van der Waals surface area contributed by atoms with Crippen molar-refractivity contribution in [1.29, 1.82) is 0 Å². The molecule has 0 fully saturated rings. The van der Waals surface area contributed by atoms with Gasteiger partial charge in [0.1, 0.15) is 0 Å². The van der Waals surface area contributed by atoms with E-state index in [9.17, 15) is 4.79 Å². The predicted molar refractivity (Wildman–Crippen MR) is 88.0 cm³/mol. The van der Waals surface area contributed by atoms with Crippen LogP contribution >= 0.6 is 11.6 Å². The Kier molecular flexibility index (Phi) is 4.07. The molecule has 0 saturated heterocycles. The molecule has 0 atom stereocenters. The Labute approximate surface area is 128 Å². The molecule has 2 nitrogen and oxygen atoms in total. The fourth-order valence-electron chi connectivity index (χ4n) is 2.57. The quantitative estimate of drug-likeness (QED) is 0.704. The maximum atomic E-state index is 11.9. The minimum Gasteiger partial charge on any atom is -0.347 e. The highest BCUT2D eigenvalue weighted by Gasteiger charge is 2.03. The van der Waals surface area contributed by atoms with Gasteiger partial charge in [-0.2, -0.15) is 0 Å². The molecule has 0 spiro atoms. The summed E-state index contributed by atoms with van der Waals surface area (Å²) in [6, 6.07) is 17.5. The van der Waals surface area contributed by atoms with Crippen molar-refractivity contribution >= 4 is 22.5 Å². The smallest absolute Gasteiger partial charge is 0.189 e. The zero-order valence-electron chi connectivity index (χ0n) is 11.6. The second-order valence-electron chi connectivity index (χ2n) is 5.12. The first-order chi connectivity index (χ1) is 10.2. The summed E-state index contributed by atoms with van der Waals surface area (Å²) in [6.45, 7) is 0.867. The third-order valence-corrected chi connectivity index (χ3v) is 3.88. The molecule has 0 radical (unpaired) electrons. The van der Waals surface area contributed by atoms with E-state index in [-0.39, 0.29) is 5.43 Å². The van der Waals surface area contributed by atoms with Gasteiger partial charge in [0.2, 0.25) is 0 Å². The fraction of sp³-hybridized carbons (Fsp3) is 0.167. The maximum Gasteiger partial charge on any atom is 0.189 e. The van der Waals surface area contributed by atoms with Crippen LogP contribution in [0.3, 0.4) is 0 Å². The third kappa shape index (κ3) is 3.17. The Morgan fingerprint density at radius 1 is 1.00 bits per heavy atom. The number of aromatic nitrogens is 1. The summed E-state index contributed by atoms with van der Waals surface area (Å²) in [4.78, 5) is 11.9. The standard InChI is InChI=1S/C18H16ClNO/c19-15-8-9-16-17(13-15)20(12-10-18(16)21)11-4-7-14-5-2-1-3-6-14/h1-3,5-6,8-10,12-13H,4,7,11H2. The summed E-state index contributed by atoms with van der Waals surface area (Å²) >= 11 is 6.06. The van der Waals surface area contributed by atoms with Crippen molar-refractivity contribution in [2.45, 2.75) is 19.4 Å². The monoisotopic (exact) mass is 297 g/mol. The van der Waals surface area contributed by atoms with E-state index >= 15 is 0 Å². The van der Waals surface area contributed by atoms with Crippen LogP contribution in [0.15, 0.2) is 65.6 Å². The zero-order valence-corrected chi connectivity index (χ0v) is 12.4. The Balaban J connectivity index is 1.82. The molecule has 0 aliphatic rings. The molecule has 0 aliphatic carbocycles. The van der Waals surface area contributed by atoms with Gasteiger partial charge in [-0.3, -0.25) is 4.79 Å². The normalized spacial score (nSPS) is 10.9. The van der Waals surface area contributed by atoms with Crippen molar-refractivity contribution < 1.29 is 0 Å². The summed E-state index contributed by atoms with van der Waals surface area (Å²) in [5.74, 6) is 0. The first-order valence-electron chi connectivity index (χ1n) is 7.07. The first kappa shape index (κ1) is 13.9. The highest BCUT2D eigenvalue weighted by molar-refractivity contribution is 6.31. The van der Waals surface area contributed by atoms with E-state index in [2.05, 4.69) is 28.8 Å². The Bertz CT molecular complexity index is 808. The number of aryl methyl sites for hydroxylation is 2. The predicted octanol–water partition coefficient (Wildman–Crippen LogP) is 4.29. The van der Waals surface area contributed by atoms with Gasteiger partial charge in [0.25, 0.3) is 0 Å². The van der Waals surface area contributed by atoms with Gasteiger partial charge in [-0.25, -0.2) is 0 Å². The first-order valence-corrected chi connectivity index (χ1v) is 7.44. The lowest BCUT2D eigenvalue weighted by molar-refractivity contribution is 0.657. The molecule has 0 saturated carbocycles. The molecule has 3 aromatic rings. The second-order valence-corrected chi connectivity index (χ2v) is 5.56. The maximum absolute atomic E-state index is 11.9. The number of halogens is 1. The summed E-state index contributed by atoms with van der Waals surface area (Å²) < 4.78 is 2.10. The Morgan fingerprint density at radius 2 is 1.81 bits per heavy atom. The van der Waals surface area contributed by atoms with Crippen LogP contribution in [0, 0.1) is 0 Å². The summed E-state index contributed by atoms with van der Waals surface area (Å²) in [5.41, 5.74) is 2.28. The number of fused-ring (bicyclic) bond motifs is 1. The number of hydrogen-bond acceptors (Lipinski definition) is 1. The van der Waals surface area contributed by atoms with Gasteiger partial charge in [-0.15, -0.1) is 0 Å². The number of pyridine rings is 1. The van der Waals surface area contributed by atoms with E-state index in [0.29, 0.717) is 5.02 Å². The average Bonchev–Trinajstić information content (AvgIpc) is 2.50. The van der Waals surface area contributed by atoms with E-state index in [1.54, 1.807) is 18.2 Å². The van der Waals surface area contributed by atoms with Crippen LogP contribution in [-0.2, 0) is 13.0 Å². The third-order valence-electron chi connectivity index (χ3n) is 3.65. The molecule has 0 unspecified atom stereocenters. The molecular formula is C18H16ClNO. The minimum absolute atomic E-state index is 0.0426. The van der Waals surface area contributed by atoms with Gasteiger partial charge in [0.15, 0.2) is 5.43 Å². The van der Waals surface area contributed by atoms with Gasteiger partial charge in [0.05, 0.1) is 5.52 Å². The van der Waals surface area contributed by atoms with Gasteiger partial charge >= 0.3 is 0 Å². The van der Waals surface area contributed by atoms with Crippen LogP contribution < -0.4 is 5.43 Å². The lowest BCUT2D eigenvalue weighted by Gasteiger charge is -2.11. The van der Waals surface area contributed by atoms with Crippen molar-refractivity contribution in [3.63, 3.8) is 0 Å². The summed E-state index contributed by atoms with van der Waals surface area (Å²) in [5, 5.41) is 1.38. The molecule has 1 heterocycles. The molecule has 21 heavy (non-hydrogen) atoms. The molecule has 3 heteroatoms. The van der Waals surface area contributed by atoms with E-state index in [4.69, 9.17) is 11.6 Å². The van der Waals surface area contributed by atoms with Gasteiger partial charge in [-0.1, -0.05) is 41.9 Å². The average molecular weight is 298 g/mol. The van der Waals surface area contributed by atoms with E-state index in [1.165, 1.54) is 5.56 Å². The molecule has 106 valence electrons. The Hall–Kier alpha value is -2.06. The molecular weight excluding hydrogens is 282 g/mol. The lowest BCUT2D eigenvalue weighted by atomic mass is 10.1. The zero-order chi connectivity index (χ0) is 14.7. The number of benzene rings is 2. The molecule has 0 N–H and O–H groups in total.